The normalized spacial score (nSPS) is 15.4. The Hall–Kier alpha value is -3.31. The van der Waals surface area contributed by atoms with Gasteiger partial charge in [-0.25, -0.2) is 0 Å². The van der Waals surface area contributed by atoms with Crippen molar-refractivity contribution in [3.8, 4) is 5.75 Å². The highest BCUT2D eigenvalue weighted by atomic mass is 16.3. The van der Waals surface area contributed by atoms with Crippen molar-refractivity contribution in [2.75, 3.05) is 37.6 Å². The van der Waals surface area contributed by atoms with Crippen LogP contribution in [0.5, 0.6) is 5.75 Å². The minimum atomic E-state index is -0.0469. The van der Waals surface area contributed by atoms with Crippen LogP contribution in [0.2, 0.25) is 0 Å². The second kappa shape index (κ2) is 10.1. The number of phenols is 1. The Labute approximate surface area is 183 Å². The average Bonchev–Trinajstić information content (AvgIpc) is 2.81. The number of hydrogen-bond acceptors (Lipinski definition) is 4. The lowest BCUT2D eigenvalue weighted by Gasteiger charge is -2.36. The number of hydrogen-bond donors (Lipinski definition) is 2. The molecule has 3 aromatic rings. The number of benzene rings is 3. The standard InChI is InChI=1S/C26H29N3O2/c30-24-13-11-23(12-14-24)29-17-15-28(16-18-29)20-26(31)27-25(22-9-5-2-6-10-22)19-21-7-3-1-4-8-21/h1-14,25,30H,15-20H2,(H,27,31)/t25-/m1/s1. The Morgan fingerprint density at radius 1 is 0.839 bits per heavy atom. The third-order valence-electron chi connectivity index (χ3n) is 5.77. The van der Waals surface area contributed by atoms with Gasteiger partial charge in [-0.2, -0.15) is 0 Å². The van der Waals surface area contributed by atoms with Crippen LogP contribution in [-0.2, 0) is 11.2 Å². The SMILES string of the molecule is O=C(CN1CCN(c2ccc(O)cc2)CC1)N[C@H](Cc1ccccc1)c1ccccc1. The van der Waals surface area contributed by atoms with Gasteiger partial charge in [0.15, 0.2) is 0 Å². The number of anilines is 1. The molecule has 0 aromatic heterocycles. The van der Waals surface area contributed by atoms with Crippen LogP contribution in [0.25, 0.3) is 0 Å². The van der Waals surface area contributed by atoms with E-state index in [1.54, 1.807) is 12.1 Å². The van der Waals surface area contributed by atoms with E-state index in [2.05, 4.69) is 39.4 Å². The monoisotopic (exact) mass is 415 g/mol. The number of nitrogens with one attached hydrogen (secondary N) is 1. The molecule has 0 aliphatic carbocycles. The molecule has 0 bridgehead atoms. The lowest BCUT2D eigenvalue weighted by atomic mass is 9.99. The number of nitrogens with zero attached hydrogens (tertiary/aromatic N) is 2. The molecule has 0 radical (unpaired) electrons. The van der Waals surface area contributed by atoms with Crippen LogP contribution < -0.4 is 10.2 Å². The zero-order valence-corrected chi connectivity index (χ0v) is 17.7. The molecular weight excluding hydrogens is 386 g/mol. The molecular formula is C26H29N3O2. The summed E-state index contributed by atoms with van der Waals surface area (Å²) < 4.78 is 0. The molecule has 31 heavy (non-hydrogen) atoms. The van der Waals surface area contributed by atoms with Crippen molar-refractivity contribution in [3.05, 3.63) is 96.1 Å². The van der Waals surface area contributed by atoms with Gasteiger partial charge >= 0.3 is 0 Å². The Balaban J connectivity index is 1.33. The van der Waals surface area contributed by atoms with E-state index in [-0.39, 0.29) is 17.7 Å². The van der Waals surface area contributed by atoms with Gasteiger partial charge in [-0.05, 0) is 41.8 Å². The summed E-state index contributed by atoms with van der Waals surface area (Å²) in [6.45, 7) is 3.81. The molecule has 3 aromatic carbocycles. The number of phenolic OH excluding ortho intramolecular Hbond substituents is 1. The molecule has 0 unspecified atom stereocenters. The van der Waals surface area contributed by atoms with E-state index in [9.17, 15) is 9.90 Å². The highest BCUT2D eigenvalue weighted by Crippen LogP contribution is 2.21. The van der Waals surface area contributed by atoms with Crippen LogP contribution in [0.15, 0.2) is 84.9 Å². The number of carbonyl (C=O) groups excluding carboxylic acids is 1. The number of piperazine rings is 1. The van der Waals surface area contributed by atoms with Crippen molar-refractivity contribution in [2.45, 2.75) is 12.5 Å². The largest absolute Gasteiger partial charge is 0.508 e. The van der Waals surface area contributed by atoms with Crippen LogP contribution in [0.1, 0.15) is 17.2 Å². The van der Waals surface area contributed by atoms with E-state index >= 15 is 0 Å². The predicted molar refractivity (Wildman–Crippen MR) is 124 cm³/mol. The number of amides is 1. The summed E-state index contributed by atoms with van der Waals surface area (Å²) in [5, 5.41) is 12.7. The lowest BCUT2D eigenvalue weighted by Crippen LogP contribution is -2.50. The summed E-state index contributed by atoms with van der Waals surface area (Å²) in [5.41, 5.74) is 3.44. The van der Waals surface area contributed by atoms with Crippen molar-refractivity contribution in [2.24, 2.45) is 0 Å². The molecule has 5 nitrogen and oxygen atoms in total. The topological polar surface area (TPSA) is 55.8 Å². The predicted octanol–water partition coefficient (Wildman–Crippen LogP) is 3.61. The van der Waals surface area contributed by atoms with Gasteiger partial charge in [-0.3, -0.25) is 9.69 Å². The first kappa shape index (κ1) is 20.9. The van der Waals surface area contributed by atoms with E-state index < -0.39 is 0 Å². The van der Waals surface area contributed by atoms with Crippen molar-refractivity contribution in [1.82, 2.24) is 10.2 Å². The van der Waals surface area contributed by atoms with E-state index in [1.807, 2.05) is 48.5 Å². The maximum Gasteiger partial charge on any atom is 0.234 e. The maximum atomic E-state index is 12.9. The lowest BCUT2D eigenvalue weighted by molar-refractivity contribution is -0.123. The van der Waals surface area contributed by atoms with Crippen LogP contribution >= 0.6 is 0 Å². The van der Waals surface area contributed by atoms with Gasteiger partial charge in [0.1, 0.15) is 5.75 Å². The van der Waals surface area contributed by atoms with Crippen molar-refractivity contribution >= 4 is 11.6 Å². The molecule has 4 rings (SSSR count). The van der Waals surface area contributed by atoms with Gasteiger partial charge in [0.25, 0.3) is 0 Å². The van der Waals surface area contributed by atoms with E-state index in [0.29, 0.717) is 6.54 Å². The first-order chi connectivity index (χ1) is 15.2. The van der Waals surface area contributed by atoms with E-state index in [4.69, 9.17) is 0 Å². The summed E-state index contributed by atoms with van der Waals surface area (Å²) >= 11 is 0. The minimum Gasteiger partial charge on any atom is -0.508 e. The Bertz CT molecular complexity index is 953. The van der Waals surface area contributed by atoms with Crippen molar-refractivity contribution in [1.29, 1.82) is 0 Å². The van der Waals surface area contributed by atoms with Gasteiger partial charge < -0.3 is 15.3 Å². The first-order valence-electron chi connectivity index (χ1n) is 10.8. The highest BCUT2D eigenvalue weighted by Gasteiger charge is 2.21. The summed E-state index contributed by atoms with van der Waals surface area (Å²) in [6, 6.07) is 27.7. The third-order valence-corrected chi connectivity index (χ3v) is 5.77. The fourth-order valence-corrected chi connectivity index (χ4v) is 4.06. The van der Waals surface area contributed by atoms with Crippen LogP contribution in [-0.4, -0.2) is 48.6 Å². The molecule has 1 aliphatic rings. The summed E-state index contributed by atoms with van der Waals surface area (Å²) in [4.78, 5) is 17.4. The molecule has 0 saturated carbocycles. The molecule has 1 saturated heterocycles. The van der Waals surface area contributed by atoms with Gasteiger partial charge in [0.05, 0.1) is 12.6 Å². The smallest absolute Gasteiger partial charge is 0.234 e. The minimum absolute atomic E-state index is 0.0469. The highest BCUT2D eigenvalue weighted by molar-refractivity contribution is 5.78. The van der Waals surface area contributed by atoms with E-state index in [0.717, 1.165) is 43.9 Å². The summed E-state index contributed by atoms with van der Waals surface area (Å²) in [5.74, 6) is 0.338. The van der Waals surface area contributed by atoms with Gasteiger partial charge in [-0.1, -0.05) is 60.7 Å². The second-order valence-corrected chi connectivity index (χ2v) is 8.00. The molecule has 2 N–H and O–H groups in total. The zero-order valence-electron chi connectivity index (χ0n) is 17.7. The first-order valence-corrected chi connectivity index (χ1v) is 10.8. The second-order valence-electron chi connectivity index (χ2n) is 8.00. The summed E-state index contributed by atoms with van der Waals surface area (Å²) in [7, 11) is 0. The van der Waals surface area contributed by atoms with Gasteiger partial charge in [0, 0.05) is 31.9 Å². The number of aromatic hydroxyl groups is 1. The maximum absolute atomic E-state index is 12.9. The van der Waals surface area contributed by atoms with Gasteiger partial charge in [-0.15, -0.1) is 0 Å². The fourth-order valence-electron chi connectivity index (χ4n) is 4.06. The third kappa shape index (κ3) is 5.86. The van der Waals surface area contributed by atoms with Crippen molar-refractivity contribution in [3.63, 3.8) is 0 Å². The average molecular weight is 416 g/mol. The molecule has 1 heterocycles. The van der Waals surface area contributed by atoms with Crippen LogP contribution in [0.3, 0.4) is 0 Å². The Morgan fingerprint density at radius 2 is 1.45 bits per heavy atom. The molecule has 1 fully saturated rings. The van der Waals surface area contributed by atoms with Crippen LogP contribution in [0, 0.1) is 0 Å². The molecule has 0 spiro atoms. The molecule has 1 amide bonds. The quantitative estimate of drug-likeness (QED) is 0.619. The van der Waals surface area contributed by atoms with Crippen LogP contribution in [0.4, 0.5) is 5.69 Å². The fraction of sp³-hybridized carbons (Fsp3) is 0.269. The van der Waals surface area contributed by atoms with Gasteiger partial charge in [0.2, 0.25) is 5.91 Å². The Morgan fingerprint density at radius 3 is 2.10 bits per heavy atom. The molecule has 1 atom stereocenters. The molecule has 1 aliphatic heterocycles. The summed E-state index contributed by atoms with van der Waals surface area (Å²) in [6.07, 6.45) is 0.769. The number of rotatable bonds is 7. The van der Waals surface area contributed by atoms with Crippen molar-refractivity contribution < 1.29 is 9.90 Å². The Kier molecular flexibility index (Phi) is 6.85. The zero-order chi connectivity index (χ0) is 21.5. The molecule has 160 valence electrons. The van der Waals surface area contributed by atoms with E-state index in [1.165, 1.54) is 5.56 Å². The number of carbonyl (C=O) groups is 1. The molecule has 5 heteroatoms.